The van der Waals surface area contributed by atoms with Crippen LogP contribution >= 0.6 is 0 Å². The normalized spacial score (nSPS) is 19.2. The molecule has 1 aliphatic rings. The Hall–Kier alpha value is -1.75. The average Bonchev–Trinajstić information content (AvgIpc) is 2.95. The van der Waals surface area contributed by atoms with Gasteiger partial charge in [0.2, 0.25) is 0 Å². The van der Waals surface area contributed by atoms with Crippen molar-refractivity contribution in [1.29, 1.82) is 0 Å². The summed E-state index contributed by atoms with van der Waals surface area (Å²) >= 11 is 0. The minimum atomic E-state index is 0.580. The maximum absolute atomic E-state index is 5.68. The fourth-order valence-corrected chi connectivity index (χ4v) is 2.60. The van der Waals surface area contributed by atoms with Crippen molar-refractivity contribution in [3.8, 4) is 5.75 Å². The molecule has 0 amide bonds. The van der Waals surface area contributed by atoms with E-state index >= 15 is 0 Å². The van der Waals surface area contributed by atoms with Gasteiger partial charge in [-0.25, -0.2) is 0 Å². The number of benzene rings is 1. The molecule has 122 valence electrons. The van der Waals surface area contributed by atoms with Crippen LogP contribution in [0, 0.1) is 0 Å². The molecule has 0 saturated carbocycles. The quantitative estimate of drug-likeness (QED) is 0.457. The van der Waals surface area contributed by atoms with Crippen LogP contribution in [0.4, 0.5) is 0 Å². The Bertz CT molecular complexity index is 449. The number of likely N-dealkylation sites (tertiary alicyclic amines) is 1. The molecule has 1 aliphatic heterocycles. The van der Waals surface area contributed by atoms with E-state index in [4.69, 9.17) is 4.74 Å². The molecule has 1 aromatic rings. The molecule has 0 aromatic heterocycles. The van der Waals surface area contributed by atoms with Gasteiger partial charge in [0.05, 0.1) is 13.1 Å². The lowest BCUT2D eigenvalue weighted by atomic mass is 10.2. The summed E-state index contributed by atoms with van der Waals surface area (Å²) in [6, 6.07) is 10.5. The van der Waals surface area contributed by atoms with Crippen LogP contribution < -0.4 is 15.4 Å². The lowest BCUT2D eigenvalue weighted by Gasteiger charge is -2.18. The van der Waals surface area contributed by atoms with Crippen molar-refractivity contribution in [2.24, 2.45) is 4.99 Å². The van der Waals surface area contributed by atoms with E-state index < -0.39 is 0 Å². The highest BCUT2D eigenvalue weighted by Crippen LogP contribution is 2.14. The van der Waals surface area contributed by atoms with Crippen molar-refractivity contribution in [2.75, 3.05) is 39.8 Å². The van der Waals surface area contributed by atoms with Crippen molar-refractivity contribution >= 4 is 5.96 Å². The van der Waals surface area contributed by atoms with Crippen LogP contribution in [0.1, 0.15) is 19.8 Å². The van der Waals surface area contributed by atoms with Gasteiger partial charge in [-0.2, -0.15) is 0 Å². The third-order valence-corrected chi connectivity index (χ3v) is 3.88. The highest BCUT2D eigenvalue weighted by Gasteiger charge is 2.20. The Labute approximate surface area is 133 Å². The van der Waals surface area contributed by atoms with Crippen LogP contribution in [0.25, 0.3) is 0 Å². The minimum Gasteiger partial charge on any atom is -0.492 e. The molecule has 1 unspecified atom stereocenters. The minimum absolute atomic E-state index is 0.580. The molecule has 0 aliphatic carbocycles. The number of guanidine groups is 1. The molecule has 1 heterocycles. The standard InChI is InChI=1S/C17H28N4O/c1-3-18-17(20-14-15-8-7-12-21(15)2)19-11-13-22-16-9-5-4-6-10-16/h4-6,9-10,15H,3,7-8,11-14H2,1-2H3,(H2,18,19,20). The summed E-state index contributed by atoms with van der Waals surface area (Å²) in [6.45, 7) is 6.35. The number of aliphatic imine (C=N–C) groups is 1. The Morgan fingerprint density at radius 2 is 2.14 bits per heavy atom. The second-order valence-corrected chi connectivity index (χ2v) is 5.58. The first-order valence-corrected chi connectivity index (χ1v) is 8.20. The Kier molecular flexibility index (Phi) is 7.03. The molecule has 2 rings (SSSR count). The van der Waals surface area contributed by atoms with Gasteiger partial charge in [-0.05, 0) is 45.5 Å². The predicted octanol–water partition coefficient (Wildman–Crippen LogP) is 1.71. The third-order valence-electron chi connectivity index (χ3n) is 3.88. The van der Waals surface area contributed by atoms with Crippen LogP contribution in [0.15, 0.2) is 35.3 Å². The van der Waals surface area contributed by atoms with Crippen molar-refractivity contribution in [2.45, 2.75) is 25.8 Å². The monoisotopic (exact) mass is 304 g/mol. The van der Waals surface area contributed by atoms with E-state index in [0.29, 0.717) is 12.6 Å². The van der Waals surface area contributed by atoms with E-state index in [2.05, 4.69) is 34.5 Å². The number of nitrogens with one attached hydrogen (secondary N) is 2. The molecule has 0 radical (unpaired) electrons. The SMILES string of the molecule is CCNC(=NCC1CCCN1C)NCCOc1ccccc1. The van der Waals surface area contributed by atoms with E-state index in [9.17, 15) is 0 Å². The first-order chi connectivity index (χ1) is 10.8. The number of hydrogen-bond acceptors (Lipinski definition) is 3. The largest absolute Gasteiger partial charge is 0.492 e. The molecule has 0 spiro atoms. The van der Waals surface area contributed by atoms with Gasteiger partial charge < -0.3 is 20.3 Å². The smallest absolute Gasteiger partial charge is 0.191 e. The van der Waals surface area contributed by atoms with Gasteiger partial charge in [0.25, 0.3) is 0 Å². The third kappa shape index (κ3) is 5.56. The molecular weight excluding hydrogens is 276 g/mol. The molecular formula is C17H28N4O. The fraction of sp³-hybridized carbons (Fsp3) is 0.588. The summed E-state index contributed by atoms with van der Waals surface area (Å²) in [4.78, 5) is 7.08. The summed E-state index contributed by atoms with van der Waals surface area (Å²) in [7, 11) is 2.18. The van der Waals surface area contributed by atoms with Gasteiger partial charge >= 0.3 is 0 Å². The van der Waals surface area contributed by atoms with Gasteiger partial charge in [-0.1, -0.05) is 18.2 Å². The second-order valence-electron chi connectivity index (χ2n) is 5.58. The molecule has 1 aromatic carbocycles. The van der Waals surface area contributed by atoms with E-state index in [0.717, 1.165) is 31.3 Å². The number of ether oxygens (including phenoxy) is 1. The van der Waals surface area contributed by atoms with Gasteiger partial charge in [0.1, 0.15) is 12.4 Å². The number of para-hydroxylation sites is 1. The van der Waals surface area contributed by atoms with E-state index in [1.54, 1.807) is 0 Å². The van der Waals surface area contributed by atoms with Crippen molar-refractivity contribution < 1.29 is 4.74 Å². The Morgan fingerprint density at radius 1 is 1.32 bits per heavy atom. The molecule has 1 saturated heterocycles. The number of nitrogens with zero attached hydrogens (tertiary/aromatic N) is 2. The first kappa shape index (κ1) is 16.6. The van der Waals surface area contributed by atoms with Crippen LogP contribution in [-0.4, -0.2) is 56.7 Å². The average molecular weight is 304 g/mol. The van der Waals surface area contributed by atoms with Gasteiger partial charge in [-0.15, -0.1) is 0 Å². The van der Waals surface area contributed by atoms with E-state index in [-0.39, 0.29) is 0 Å². The fourth-order valence-electron chi connectivity index (χ4n) is 2.60. The summed E-state index contributed by atoms with van der Waals surface area (Å²) < 4.78 is 5.68. The summed E-state index contributed by atoms with van der Waals surface area (Å²) in [5.41, 5.74) is 0. The summed E-state index contributed by atoms with van der Waals surface area (Å²) in [5, 5.41) is 6.61. The lowest BCUT2D eigenvalue weighted by molar-refractivity contribution is 0.315. The zero-order valence-corrected chi connectivity index (χ0v) is 13.7. The molecule has 22 heavy (non-hydrogen) atoms. The van der Waals surface area contributed by atoms with Crippen molar-refractivity contribution in [3.63, 3.8) is 0 Å². The molecule has 2 N–H and O–H groups in total. The highest BCUT2D eigenvalue weighted by atomic mass is 16.5. The molecule has 1 atom stereocenters. The van der Waals surface area contributed by atoms with Crippen molar-refractivity contribution in [1.82, 2.24) is 15.5 Å². The highest BCUT2D eigenvalue weighted by molar-refractivity contribution is 5.79. The molecule has 1 fully saturated rings. The first-order valence-electron chi connectivity index (χ1n) is 8.20. The number of hydrogen-bond donors (Lipinski definition) is 2. The Balaban J connectivity index is 1.71. The van der Waals surface area contributed by atoms with Gasteiger partial charge in [0.15, 0.2) is 5.96 Å². The van der Waals surface area contributed by atoms with Gasteiger partial charge in [0, 0.05) is 12.6 Å². The van der Waals surface area contributed by atoms with E-state index in [1.807, 2.05) is 30.3 Å². The van der Waals surface area contributed by atoms with Crippen LogP contribution in [0.3, 0.4) is 0 Å². The maximum Gasteiger partial charge on any atom is 0.191 e. The topological polar surface area (TPSA) is 48.9 Å². The zero-order valence-electron chi connectivity index (χ0n) is 13.7. The molecule has 5 heteroatoms. The Morgan fingerprint density at radius 3 is 2.82 bits per heavy atom. The van der Waals surface area contributed by atoms with Crippen LogP contribution in [-0.2, 0) is 0 Å². The van der Waals surface area contributed by atoms with Crippen LogP contribution in [0.5, 0.6) is 5.75 Å². The lowest BCUT2D eigenvalue weighted by Crippen LogP contribution is -2.40. The summed E-state index contributed by atoms with van der Waals surface area (Å²) in [5.74, 6) is 1.78. The molecule has 0 bridgehead atoms. The molecule has 5 nitrogen and oxygen atoms in total. The number of likely N-dealkylation sites (N-methyl/N-ethyl adjacent to an activating group) is 1. The van der Waals surface area contributed by atoms with E-state index in [1.165, 1.54) is 19.4 Å². The van der Waals surface area contributed by atoms with Crippen LogP contribution in [0.2, 0.25) is 0 Å². The summed E-state index contributed by atoms with van der Waals surface area (Å²) in [6.07, 6.45) is 2.53. The predicted molar refractivity (Wildman–Crippen MR) is 91.6 cm³/mol. The number of rotatable bonds is 7. The zero-order chi connectivity index (χ0) is 15.6. The maximum atomic E-state index is 5.68. The van der Waals surface area contributed by atoms with Gasteiger partial charge in [-0.3, -0.25) is 4.99 Å². The second kappa shape index (κ2) is 9.30. The van der Waals surface area contributed by atoms with Crippen molar-refractivity contribution in [3.05, 3.63) is 30.3 Å².